The lowest BCUT2D eigenvalue weighted by Crippen LogP contribution is -2.30. The summed E-state index contributed by atoms with van der Waals surface area (Å²) in [5.74, 6) is 0.727. The first kappa shape index (κ1) is 14.1. The van der Waals surface area contributed by atoms with Crippen molar-refractivity contribution in [2.45, 2.75) is 5.37 Å². The van der Waals surface area contributed by atoms with Crippen molar-refractivity contribution in [1.29, 1.82) is 0 Å². The maximum Gasteiger partial charge on any atom is 0.270 e. The van der Waals surface area contributed by atoms with Gasteiger partial charge in [-0.3, -0.25) is 14.9 Å². The molecule has 1 aliphatic heterocycles. The first-order valence-corrected chi connectivity index (χ1v) is 8.30. The maximum atomic E-state index is 12.6. The van der Waals surface area contributed by atoms with Gasteiger partial charge < -0.3 is 4.90 Å². The molecule has 1 saturated heterocycles. The zero-order chi connectivity index (χ0) is 14.8. The third-order valence-electron chi connectivity index (χ3n) is 3.24. The van der Waals surface area contributed by atoms with Gasteiger partial charge in [0.25, 0.3) is 11.6 Å². The fourth-order valence-corrected chi connectivity index (χ4v) is 4.50. The third-order valence-corrected chi connectivity index (χ3v) is 5.56. The number of benzene rings is 1. The Morgan fingerprint density at radius 2 is 2.19 bits per heavy atom. The lowest BCUT2D eigenvalue weighted by Gasteiger charge is -2.22. The number of amides is 1. The number of nitrogens with zero attached hydrogens (tertiary/aromatic N) is 2. The molecular formula is C14H12N2O3S2. The van der Waals surface area contributed by atoms with Gasteiger partial charge in [-0.2, -0.15) is 0 Å². The van der Waals surface area contributed by atoms with Gasteiger partial charge in [0.2, 0.25) is 0 Å². The van der Waals surface area contributed by atoms with Gasteiger partial charge in [0, 0.05) is 34.9 Å². The minimum atomic E-state index is -0.480. The van der Waals surface area contributed by atoms with Gasteiger partial charge in [0.1, 0.15) is 5.37 Å². The largest absolute Gasteiger partial charge is 0.321 e. The van der Waals surface area contributed by atoms with Crippen LogP contribution in [-0.2, 0) is 0 Å². The number of non-ortho nitro benzene ring substituents is 1. The van der Waals surface area contributed by atoms with E-state index < -0.39 is 4.92 Å². The number of carbonyl (C=O) groups is 1. The Kier molecular flexibility index (Phi) is 3.94. The van der Waals surface area contributed by atoms with Crippen LogP contribution >= 0.6 is 23.1 Å². The molecular weight excluding hydrogens is 308 g/mol. The molecule has 0 N–H and O–H groups in total. The molecule has 21 heavy (non-hydrogen) atoms. The number of thiophene rings is 1. The number of nitro groups is 1. The zero-order valence-corrected chi connectivity index (χ0v) is 12.6. The predicted octanol–water partition coefficient (Wildman–Crippen LogP) is 3.54. The number of rotatable bonds is 3. The SMILES string of the molecule is O=C(c1cccc([N+](=O)[O-])c1)N1CCSC1c1cccs1. The highest BCUT2D eigenvalue weighted by atomic mass is 32.2. The summed E-state index contributed by atoms with van der Waals surface area (Å²) in [6.07, 6.45) is 0. The van der Waals surface area contributed by atoms with Crippen LogP contribution in [0.2, 0.25) is 0 Å². The van der Waals surface area contributed by atoms with Crippen LogP contribution in [-0.4, -0.2) is 28.0 Å². The minimum absolute atomic E-state index is 0.0109. The second-order valence-electron chi connectivity index (χ2n) is 4.54. The molecule has 1 aromatic heterocycles. The first-order valence-electron chi connectivity index (χ1n) is 6.37. The van der Waals surface area contributed by atoms with E-state index in [-0.39, 0.29) is 17.0 Å². The van der Waals surface area contributed by atoms with Crippen molar-refractivity contribution >= 4 is 34.7 Å². The van der Waals surface area contributed by atoms with Crippen LogP contribution in [0.1, 0.15) is 20.6 Å². The molecule has 1 atom stereocenters. The van der Waals surface area contributed by atoms with Gasteiger partial charge in [0.15, 0.2) is 0 Å². The Hall–Kier alpha value is -1.86. The molecule has 0 spiro atoms. The van der Waals surface area contributed by atoms with Crippen LogP contribution in [0.5, 0.6) is 0 Å². The van der Waals surface area contributed by atoms with Gasteiger partial charge in [-0.15, -0.1) is 23.1 Å². The molecule has 1 aromatic carbocycles. The van der Waals surface area contributed by atoms with Crippen LogP contribution < -0.4 is 0 Å². The molecule has 2 aromatic rings. The summed E-state index contributed by atoms with van der Waals surface area (Å²) in [6.45, 7) is 0.661. The van der Waals surface area contributed by atoms with E-state index in [1.165, 1.54) is 12.1 Å². The van der Waals surface area contributed by atoms with E-state index in [1.807, 2.05) is 17.5 Å². The van der Waals surface area contributed by atoms with Crippen LogP contribution in [0.15, 0.2) is 41.8 Å². The lowest BCUT2D eigenvalue weighted by atomic mass is 10.1. The van der Waals surface area contributed by atoms with E-state index in [4.69, 9.17) is 0 Å². The summed E-state index contributed by atoms with van der Waals surface area (Å²) in [5.41, 5.74) is 0.314. The van der Waals surface area contributed by atoms with Crippen molar-refractivity contribution in [3.63, 3.8) is 0 Å². The summed E-state index contributed by atoms with van der Waals surface area (Å²) in [7, 11) is 0. The summed E-state index contributed by atoms with van der Waals surface area (Å²) in [5, 5.41) is 12.8. The summed E-state index contributed by atoms with van der Waals surface area (Å²) in [4.78, 5) is 25.9. The van der Waals surface area contributed by atoms with Gasteiger partial charge >= 0.3 is 0 Å². The van der Waals surface area contributed by atoms with E-state index in [0.29, 0.717) is 12.1 Å². The fraction of sp³-hybridized carbons (Fsp3) is 0.214. The third kappa shape index (κ3) is 2.79. The molecule has 1 aliphatic rings. The Morgan fingerprint density at radius 3 is 2.90 bits per heavy atom. The molecule has 7 heteroatoms. The van der Waals surface area contributed by atoms with Crippen molar-refractivity contribution in [2.24, 2.45) is 0 Å². The Balaban J connectivity index is 1.87. The van der Waals surface area contributed by atoms with Crippen molar-refractivity contribution in [1.82, 2.24) is 4.90 Å². The number of hydrogen-bond donors (Lipinski definition) is 0. The molecule has 3 rings (SSSR count). The second-order valence-corrected chi connectivity index (χ2v) is 6.71. The standard InChI is InChI=1S/C14H12N2O3S2/c17-13(10-3-1-4-11(9-10)16(18)19)15-6-8-21-14(15)12-5-2-7-20-12/h1-5,7,9,14H,6,8H2. The first-order chi connectivity index (χ1) is 10.2. The quantitative estimate of drug-likeness (QED) is 0.641. The number of carbonyl (C=O) groups excluding carboxylic acids is 1. The Bertz CT molecular complexity index is 673. The molecule has 5 nitrogen and oxygen atoms in total. The van der Waals surface area contributed by atoms with Crippen molar-refractivity contribution in [2.75, 3.05) is 12.3 Å². The van der Waals surface area contributed by atoms with Gasteiger partial charge in [-0.25, -0.2) is 0 Å². The highest BCUT2D eigenvalue weighted by Crippen LogP contribution is 2.40. The summed E-state index contributed by atoms with van der Waals surface area (Å²) < 4.78 is 0. The zero-order valence-electron chi connectivity index (χ0n) is 11.0. The van der Waals surface area contributed by atoms with Gasteiger partial charge in [-0.05, 0) is 17.5 Å². The normalized spacial score (nSPS) is 17.9. The molecule has 0 bridgehead atoms. The highest BCUT2D eigenvalue weighted by molar-refractivity contribution is 7.99. The average molecular weight is 320 g/mol. The van der Waals surface area contributed by atoms with Crippen LogP contribution in [0.25, 0.3) is 0 Å². The van der Waals surface area contributed by atoms with Crippen LogP contribution in [0.3, 0.4) is 0 Å². The van der Waals surface area contributed by atoms with Gasteiger partial charge in [-0.1, -0.05) is 12.1 Å². The number of thioether (sulfide) groups is 1. The number of hydrogen-bond acceptors (Lipinski definition) is 5. The Morgan fingerprint density at radius 1 is 1.33 bits per heavy atom. The predicted molar refractivity (Wildman–Crippen MR) is 83.7 cm³/mol. The van der Waals surface area contributed by atoms with Crippen molar-refractivity contribution in [3.8, 4) is 0 Å². The van der Waals surface area contributed by atoms with E-state index in [9.17, 15) is 14.9 Å². The molecule has 1 unspecified atom stereocenters. The smallest absolute Gasteiger partial charge is 0.270 e. The molecule has 1 fully saturated rings. The van der Waals surface area contributed by atoms with Crippen molar-refractivity contribution < 1.29 is 9.72 Å². The molecule has 0 saturated carbocycles. The van der Waals surface area contributed by atoms with Crippen LogP contribution in [0, 0.1) is 10.1 Å². The fourth-order valence-electron chi connectivity index (χ4n) is 2.26. The molecule has 0 radical (unpaired) electrons. The van der Waals surface area contributed by atoms with Gasteiger partial charge in [0.05, 0.1) is 4.92 Å². The van der Waals surface area contributed by atoms with E-state index in [1.54, 1.807) is 40.1 Å². The highest BCUT2D eigenvalue weighted by Gasteiger charge is 2.32. The maximum absolute atomic E-state index is 12.6. The molecule has 108 valence electrons. The van der Waals surface area contributed by atoms with E-state index in [2.05, 4.69) is 0 Å². The summed E-state index contributed by atoms with van der Waals surface area (Å²) in [6, 6.07) is 9.90. The molecule has 2 heterocycles. The molecule has 0 aliphatic carbocycles. The molecule has 1 amide bonds. The average Bonchev–Trinajstić information content (AvgIpc) is 3.17. The Labute approximate surface area is 129 Å². The van der Waals surface area contributed by atoms with Crippen LogP contribution in [0.4, 0.5) is 5.69 Å². The minimum Gasteiger partial charge on any atom is -0.321 e. The second kappa shape index (κ2) is 5.87. The van der Waals surface area contributed by atoms with E-state index >= 15 is 0 Å². The topological polar surface area (TPSA) is 63.4 Å². The summed E-state index contributed by atoms with van der Waals surface area (Å²) >= 11 is 3.34. The van der Waals surface area contributed by atoms with Crippen molar-refractivity contribution in [3.05, 3.63) is 62.3 Å². The number of nitro benzene ring substituents is 1. The van der Waals surface area contributed by atoms with E-state index in [0.717, 1.165) is 10.6 Å². The lowest BCUT2D eigenvalue weighted by molar-refractivity contribution is -0.384. The monoisotopic (exact) mass is 320 g/mol.